The molecule has 2 N–H and O–H groups in total. The Morgan fingerprint density at radius 3 is 2.48 bits per heavy atom. The summed E-state index contributed by atoms with van der Waals surface area (Å²) in [6.07, 6.45) is 0. The second-order valence-electron chi connectivity index (χ2n) is 3.98. The Bertz CT molecular complexity index is 451. The molecule has 0 aromatic heterocycles. The lowest BCUT2D eigenvalue weighted by Crippen LogP contribution is -2.40. The average Bonchev–Trinajstić information content (AvgIpc) is 2.47. The van der Waals surface area contributed by atoms with Gasteiger partial charge in [-0.1, -0.05) is 0 Å². The highest BCUT2D eigenvalue weighted by atomic mass is 32.2. The molecule has 1 rings (SSSR count). The fourth-order valence-electron chi connectivity index (χ4n) is 1.42. The number of amides is 3. The highest BCUT2D eigenvalue weighted by molar-refractivity contribution is 7.99. The van der Waals surface area contributed by atoms with Gasteiger partial charge >= 0.3 is 6.03 Å². The third-order valence-corrected chi connectivity index (χ3v) is 3.30. The molecule has 0 spiro atoms. The van der Waals surface area contributed by atoms with Crippen molar-refractivity contribution in [3.63, 3.8) is 0 Å². The van der Waals surface area contributed by atoms with Crippen LogP contribution in [0.3, 0.4) is 0 Å². The summed E-state index contributed by atoms with van der Waals surface area (Å²) >= 11 is 1.41. The molecule has 21 heavy (non-hydrogen) atoms. The summed E-state index contributed by atoms with van der Waals surface area (Å²) in [4.78, 5) is 22.5. The van der Waals surface area contributed by atoms with E-state index in [0.717, 1.165) is 11.5 Å². The molecule has 7 heteroatoms. The minimum Gasteiger partial charge on any atom is -0.497 e. The molecule has 0 unspecified atom stereocenters. The van der Waals surface area contributed by atoms with E-state index in [2.05, 4.69) is 10.6 Å². The monoisotopic (exact) mass is 312 g/mol. The third-order valence-electron chi connectivity index (χ3n) is 2.38. The largest absolute Gasteiger partial charge is 0.497 e. The Kier molecular flexibility index (Phi) is 8.11. The SMILES string of the molecule is CCNC(=O)NC(=O)CSCCOc1ccc(OC)cc1. The summed E-state index contributed by atoms with van der Waals surface area (Å²) in [5.74, 6) is 2.11. The number of carbonyl (C=O) groups is 2. The molecule has 3 amide bonds. The first-order valence-corrected chi connectivity index (χ1v) is 7.73. The molecular weight excluding hydrogens is 292 g/mol. The fourth-order valence-corrected chi connectivity index (χ4v) is 2.03. The number of benzene rings is 1. The van der Waals surface area contributed by atoms with Crippen LogP contribution in [0.2, 0.25) is 0 Å². The Labute approximate surface area is 128 Å². The van der Waals surface area contributed by atoms with Crippen LogP contribution < -0.4 is 20.1 Å². The molecule has 6 nitrogen and oxygen atoms in total. The second-order valence-corrected chi connectivity index (χ2v) is 5.09. The fraction of sp³-hybridized carbons (Fsp3) is 0.429. The lowest BCUT2D eigenvalue weighted by atomic mass is 10.3. The third kappa shape index (κ3) is 7.45. The van der Waals surface area contributed by atoms with E-state index < -0.39 is 6.03 Å². The van der Waals surface area contributed by atoms with E-state index in [9.17, 15) is 9.59 Å². The quantitative estimate of drug-likeness (QED) is 0.714. The Morgan fingerprint density at radius 1 is 1.19 bits per heavy atom. The van der Waals surface area contributed by atoms with Gasteiger partial charge in [0.25, 0.3) is 0 Å². The molecule has 0 heterocycles. The van der Waals surface area contributed by atoms with Gasteiger partial charge in [0.1, 0.15) is 11.5 Å². The van der Waals surface area contributed by atoms with Crippen molar-refractivity contribution in [1.82, 2.24) is 10.6 Å². The summed E-state index contributed by atoms with van der Waals surface area (Å²) in [5.41, 5.74) is 0. The lowest BCUT2D eigenvalue weighted by molar-refractivity contribution is -0.117. The van der Waals surface area contributed by atoms with Gasteiger partial charge in [-0.25, -0.2) is 4.79 Å². The number of thioether (sulfide) groups is 1. The summed E-state index contributed by atoms with van der Waals surface area (Å²) in [6, 6.07) is 6.83. The number of methoxy groups -OCH3 is 1. The van der Waals surface area contributed by atoms with Gasteiger partial charge in [-0.05, 0) is 31.2 Å². The summed E-state index contributed by atoms with van der Waals surface area (Å²) in [6.45, 7) is 2.77. The van der Waals surface area contributed by atoms with E-state index in [1.165, 1.54) is 11.8 Å². The van der Waals surface area contributed by atoms with E-state index in [4.69, 9.17) is 9.47 Å². The summed E-state index contributed by atoms with van der Waals surface area (Å²) < 4.78 is 10.6. The van der Waals surface area contributed by atoms with Gasteiger partial charge in [-0.2, -0.15) is 0 Å². The van der Waals surface area contributed by atoms with Crippen LogP contribution in [-0.2, 0) is 4.79 Å². The lowest BCUT2D eigenvalue weighted by Gasteiger charge is -2.07. The van der Waals surface area contributed by atoms with Crippen LogP contribution in [0.1, 0.15) is 6.92 Å². The standard InChI is InChI=1S/C14H20N2O4S/c1-3-15-14(18)16-13(17)10-21-9-8-20-12-6-4-11(19-2)5-7-12/h4-7H,3,8-10H2,1-2H3,(H2,15,16,17,18). The molecule has 0 bridgehead atoms. The van der Waals surface area contributed by atoms with Crippen molar-refractivity contribution in [2.75, 3.05) is 31.8 Å². The zero-order valence-electron chi connectivity index (χ0n) is 12.2. The predicted octanol–water partition coefficient (Wildman–Crippen LogP) is 1.65. The number of nitrogens with one attached hydrogen (secondary N) is 2. The maximum Gasteiger partial charge on any atom is 0.321 e. The van der Waals surface area contributed by atoms with Crippen molar-refractivity contribution < 1.29 is 19.1 Å². The first kappa shape index (κ1) is 17.2. The topological polar surface area (TPSA) is 76.7 Å². The van der Waals surface area contributed by atoms with Gasteiger partial charge in [-0.15, -0.1) is 11.8 Å². The van der Waals surface area contributed by atoms with Gasteiger partial charge < -0.3 is 14.8 Å². The van der Waals surface area contributed by atoms with Crippen molar-refractivity contribution in [2.24, 2.45) is 0 Å². The van der Waals surface area contributed by atoms with E-state index in [-0.39, 0.29) is 11.7 Å². The molecule has 0 aliphatic heterocycles. The van der Waals surface area contributed by atoms with Crippen LogP contribution in [0.25, 0.3) is 0 Å². The number of ether oxygens (including phenoxy) is 2. The van der Waals surface area contributed by atoms with Crippen molar-refractivity contribution in [3.8, 4) is 11.5 Å². The molecule has 0 aliphatic carbocycles. The first-order chi connectivity index (χ1) is 10.2. The summed E-state index contributed by atoms with van der Waals surface area (Å²) in [5, 5.41) is 4.73. The zero-order valence-corrected chi connectivity index (χ0v) is 13.0. The van der Waals surface area contributed by atoms with Crippen LogP contribution in [0, 0.1) is 0 Å². The molecule has 1 aromatic rings. The number of imide groups is 1. The van der Waals surface area contributed by atoms with Crippen molar-refractivity contribution in [3.05, 3.63) is 24.3 Å². The molecule has 0 atom stereocenters. The Morgan fingerprint density at radius 2 is 1.86 bits per heavy atom. The second kappa shape index (κ2) is 9.93. The van der Waals surface area contributed by atoms with Gasteiger partial charge in [0.15, 0.2) is 0 Å². The van der Waals surface area contributed by atoms with E-state index in [1.807, 2.05) is 24.3 Å². The van der Waals surface area contributed by atoms with Gasteiger partial charge in [0.2, 0.25) is 5.91 Å². The van der Waals surface area contributed by atoms with Crippen LogP contribution in [0.15, 0.2) is 24.3 Å². The van der Waals surface area contributed by atoms with E-state index >= 15 is 0 Å². The first-order valence-electron chi connectivity index (χ1n) is 6.58. The molecule has 0 saturated carbocycles. The van der Waals surface area contributed by atoms with Crippen LogP contribution in [-0.4, -0.2) is 43.7 Å². The van der Waals surface area contributed by atoms with Gasteiger partial charge in [0, 0.05) is 12.3 Å². The number of hydrogen-bond acceptors (Lipinski definition) is 5. The highest BCUT2D eigenvalue weighted by Crippen LogP contribution is 2.17. The maximum absolute atomic E-state index is 11.4. The minimum atomic E-state index is -0.461. The van der Waals surface area contributed by atoms with Crippen LogP contribution >= 0.6 is 11.8 Å². The molecule has 1 aromatic carbocycles. The molecule has 0 fully saturated rings. The number of urea groups is 1. The Hall–Kier alpha value is -1.89. The van der Waals surface area contributed by atoms with Crippen LogP contribution in [0.5, 0.6) is 11.5 Å². The smallest absolute Gasteiger partial charge is 0.321 e. The normalized spacial score (nSPS) is 9.81. The van der Waals surface area contributed by atoms with Crippen molar-refractivity contribution in [2.45, 2.75) is 6.92 Å². The zero-order chi connectivity index (χ0) is 15.5. The predicted molar refractivity (Wildman–Crippen MR) is 83.0 cm³/mol. The van der Waals surface area contributed by atoms with Gasteiger partial charge in [0.05, 0.1) is 19.5 Å². The minimum absolute atomic E-state index is 0.225. The molecule has 0 aliphatic rings. The number of carbonyl (C=O) groups excluding carboxylic acids is 2. The van der Waals surface area contributed by atoms with Gasteiger partial charge in [-0.3, -0.25) is 10.1 Å². The number of hydrogen-bond donors (Lipinski definition) is 2. The molecule has 0 saturated heterocycles. The molecule has 116 valence electrons. The van der Waals surface area contributed by atoms with E-state index in [0.29, 0.717) is 18.9 Å². The summed E-state index contributed by atoms with van der Waals surface area (Å²) in [7, 11) is 1.61. The Balaban J connectivity index is 2.11. The average molecular weight is 312 g/mol. The highest BCUT2D eigenvalue weighted by Gasteiger charge is 2.06. The molecular formula is C14H20N2O4S. The van der Waals surface area contributed by atoms with Crippen LogP contribution in [0.4, 0.5) is 4.79 Å². The maximum atomic E-state index is 11.4. The van der Waals surface area contributed by atoms with Crippen molar-refractivity contribution >= 4 is 23.7 Å². The van der Waals surface area contributed by atoms with Crippen molar-refractivity contribution in [1.29, 1.82) is 0 Å². The van der Waals surface area contributed by atoms with E-state index in [1.54, 1.807) is 14.0 Å². The number of rotatable bonds is 8. The molecule has 0 radical (unpaired) electrons.